The number of benzene rings is 2. The number of hydrogen-bond acceptors (Lipinski definition) is 3. The van der Waals surface area contributed by atoms with E-state index < -0.39 is 0 Å². The standard InChI is InChI=1S/C25H23Cl2NO3/c1-31-25(30)18-8-6-16(7-9-18)12-13-28-23(21(26)15-22(27)24(28)29)14-19-11-10-17-4-2-3-5-20(17)19/h2-9,15,19H,10-14H2,1H3. The van der Waals surface area contributed by atoms with Gasteiger partial charge in [0, 0.05) is 12.2 Å². The van der Waals surface area contributed by atoms with E-state index in [2.05, 4.69) is 24.3 Å². The fourth-order valence-electron chi connectivity index (χ4n) is 4.34. The molecule has 2 aromatic carbocycles. The zero-order valence-electron chi connectivity index (χ0n) is 17.2. The van der Waals surface area contributed by atoms with Gasteiger partial charge in [0.2, 0.25) is 0 Å². The van der Waals surface area contributed by atoms with Gasteiger partial charge in [-0.05, 0) is 66.5 Å². The number of hydrogen-bond donors (Lipinski definition) is 0. The first-order valence-electron chi connectivity index (χ1n) is 10.3. The molecule has 1 aliphatic rings. The third kappa shape index (κ3) is 4.56. The van der Waals surface area contributed by atoms with Crippen LogP contribution in [0, 0.1) is 0 Å². The van der Waals surface area contributed by atoms with Gasteiger partial charge >= 0.3 is 5.97 Å². The largest absolute Gasteiger partial charge is 0.465 e. The van der Waals surface area contributed by atoms with Gasteiger partial charge in [0.25, 0.3) is 5.56 Å². The Labute approximate surface area is 191 Å². The van der Waals surface area contributed by atoms with E-state index in [0.717, 1.165) is 24.1 Å². The number of rotatable bonds is 6. The van der Waals surface area contributed by atoms with Crippen LogP contribution in [0.2, 0.25) is 10.0 Å². The first-order chi connectivity index (χ1) is 15.0. The van der Waals surface area contributed by atoms with Crippen molar-refractivity contribution in [2.75, 3.05) is 7.11 Å². The van der Waals surface area contributed by atoms with Gasteiger partial charge in [0.1, 0.15) is 5.02 Å². The van der Waals surface area contributed by atoms with Gasteiger partial charge in [-0.3, -0.25) is 4.79 Å². The van der Waals surface area contributed by atoms with Crippen LogP contribution in [0.15, 0.2) is 59.4 Å². The van der Waals surface area contributed by atoms with Crippen LogP contribution >= 0.6 is 23.2 Å². The number of fused-ring (bicyclic) bond motifs is 1. The molecule has 0 N–H and O–H groups in total. The van der Waals surface area contributed by atoms with E-state index in [1.807, 2.05) is 12.1 Å². The van der Waals surface area contributed by atoms with Crippen LogP contribution in [0.5, 0.6) is 0 Å². The van der Waals surface area contributed by atoms with Gasteiger partial charge in [0.15, 0.2) is 0 Å². The molecular formula is C25H23Cl2NO3. The van der Waals surface area contributed by atoms with Crippen molar-refractivity contribution in [1.29, 1.82) is 0 Å². The Morgan fingerprint density at radius 3 is 2.58 bits per heavy atom. The normalized spacial score (nSPS) is 15.0. The molecule has 6 heteroatoms. The van der Waals surface area contributed by atoms with Crippen molar-refractivity contribution >= 4 is 29.2 Å². The highest BCUT2D eigenvalue weighted by Crippen LogP contribution is 2.36. The lowest BCUT2D eigenvalue weighted by atomic mass is 9.95. The minimum Gasteiger partial charge on any atom is -0.465 e. The van der Waals surface area contributed by atoms with Crippen molar-refractivity contribution in [1.82, 2.24) is 4.57 Å². The summed E-state index contributed by atoms with van der Waals surface area (Å²) in [5, 5.41) is 0.650. The minimum atomic E-state index is -0.372. The monoisotopic (exact) mass is 455 g/mol. The molecule has 0 spiro atoms. The molecule has 31 heavy (non-hydrogen) atoms. The lowest BCUT2D eigenvalue weighted by Gasteiger charge is -2.19. The predicted molar refractivity (Wildman–Crippen MR) is 123 cm³/mol. The molecule has 1 unspecified atom stereocenters. The van der Waals surface area contributed by atoms with Crippen molar-refractivity contribution in [2.24, 2.45) is 0 Å². The highest BCUT2D eigenvalue weighted by Gasteiger charge is 2.25. The first kappa shape index (κ1) is 21.7. The number of carbonyl (C=O) groups excluding carboxylic acids is 1. The Bertz CT molecular complexity index is 1170. The van der Waals surface area contributed by atoms with Gasteiger partial charge in [-0.1, -0.05) is 59.6 Å². The second kappa shape index (κ2) is 9.29. The molecule has 0 radical (unpaired) electrons. The lowest BCUT2D eigenvalue weighted by molar-refractivity contribution is 0.0600. The number of pyridine rings is 1. The minimum absolute atomic E-state index is 0.126. The number of carbonyl (C=O) groups is 1. The van der Waals surface area contributed by atoms with Crippen LogP contribution in [0.25, 0.3) is 0 Å². The highest BCUT2D eigenvalue weighted by molar-refractivity contribution is 6.34. The quantitative estimate of drug-likeness (QED) is 0.463. The van der Waals surface area contributed by atoms with Crippen molar-refractivity contribution in [3.8, 4) is 0 Å². The lowest BCUT2D eigenvalue weighted by Crippen LogP contribution is -2.26. The summed E-state index contributed by atoms with van der Waals surface area (Å²) in [5.41, 5.74) is 4.81. The molecule has 1 aliphatic carbocycles. The number of nitrogens with zero attached hydrogens (tertiary/aromatic N) is 1. The number of halogens is 2. The summed E-state index contributed by atoms with van der Waals surface area (Å²) in [5.74, 6) is -0.0385. The molecule has 4 rings (SSSR count). The number of methoxy groups -OCH3 is 1. The van der Waals surface area contributed by atoms with Crippen LogP contribution in [0.1, 0.15) is 45.1 Å². The molecule has 3 aromatic rings. The van der Waals surface area contributed by atoms with Crippen LogP contribution in [-0.4, -0.2) is 17.6 Å². The summed E-state index contributed by atoms with van der Waals surface area (Å²) in [4.78, 5) is 24.5. The molecule has 0 saturated carbocycles. The second-order valence-electron chi connectivity index (χ2n) is 7.82. The molecule has 0 amide bonds. The number of aromatic nitrogens is 1. The summed E-state index contributed by atoms with van der Waals surface area (Å²) >= 11 is 12.7. The summed E-state index contributed by atoms with van der Waals surface area (Å²) in [6, 6.07) is 17.2. The molecule has 1 atom stereocenters. The zero-order chi connectivity index (χ0) is 22.0. The van der Waals surface area contributed by atoms with Crippen molar-refractivity contribution < 1.29 is 9.53 Å². The summed E-state index contributed by atoms with van der Waals surface area (Å²) in [6.45, 7) is 0.459. The van der Waals surface area contributed by atoms with E-state index in [-0.39, 0.29) is 16.6 Å². The number of esters is 1. The smallest absolute Gasteiger partial charge is 0.337 e. The molecule has 160 valence electrons. The van der Waals surface area contributed by atoms with Crippen molar-refractivity contribution in [3.63, 3.8) is 0 Å². The fourth-order valence-corrected chi connectivity index (χ4v) is 4.89. The van der Waals surface area contributed by atoms with Crippen LogP contribution < -0.4 is 5.56 Å². The van der Waals surface area contributed by atoms with E-state index in [4.69, 9.17) is 27.9 Å². The van der Waals surface area contributed by atoms with Crippen LogP contribution in [0.4, 0.5) is 0 Å². The molecular weight excluding hydrogens is 433 g/mol. The van der Waals surface area contributed by atoms with Gasteiger partial charge in [0.05, 0.1) is 17.7 Å². The zero-order valence-corrected chi connectivity index (χ0v) is 18.7. The maximum Gasteiger partial charge on any atom is 0.337 e. The summed E-state index contributed by atoms with van der Waals surface area (Å²) < 4.78 is 6.45. The molecule has 1 aromatic heterocycles. The van der Waals surface area contributed by atoms with E-state index in [1.54, 1.807) is 22.8 Å². The Hall–Kier alpha value is -2.56. The maximum absolute atomic E-state index is 12.9. The Balaban J connectivity index is 1.59. The van der Waals surface area contributed by atoms with Gasteiger partial charge in [-0.15, -0.1) is 0 Å². The Kier molecular flexibility index (Phi) is 6.49. The second-order valence-corrected chi connectivity index (χ2v) is 8.64. The number of aryl methyl sites for hydroxylation is 2. The summed E-state index contributed by atoms with van der Waals surface area (Å²) in [6.07, 6.45) is 3.40. The average Bonchev–Trinajstić information content (AvgIpc) is 3.20. The highest BCUT2D eigenvalue weighted by atomic mass is 35.5. The van der Waals surface area contributed by atoms with E-state index in [9.17, 15) is 9.59 Å². The van der Waals surface area contributed by atoms with Crippen molar-refractivity contribution in [2.45, 2.75) is 38.1 Å². The Morgan fingerprint density at radius 2 is 1.84 bits per heavy atom. The van der Waals surface area contributed by atoms with E-state index >= 15 is 0 Å². The third-order valence-electron chi connectivity index (χ3n) is 6.00. The van der Waals surface area contributed by atoms with Gasteiger partial charge in [-0.2, -0.15) is 0 Å². The average molecular weight is 456 g/mol. The maximum atomic E-state index is 12.9. The van der Waals surface area contributed by atoms with Gasteiger partial charge in [-0.25, -0.2) is 4.79 Å². The first-order valence-corrected chi connectivity index (χ1v) is 11.1. The SMILES string of the molecule is COC(=O)c1ccc(CCn2c(CC3CCc4ccccc43)c(Cl)cc(Cl)c2=O)cc1. The Morgan fingerprint density at radius 1 is 1.10 bits per heavy atom. The molecule has 1 heterocycles. The van der Waals surface area contributed by atoms with E-state index in [1.165, 1.54) is 18.2 Å². The predicted octanol–water partition coefficient (Wildman–Crippen LogP) is 5.46. The molecule has 4 nitrogen and oxygen atoms in total. The number of ether oxygens (including phenoxy) is 1. The van der Waals surface area contributed by atoms with Crippen molar-refractivity contribution in [3.05, 3.63) is 103 Å². The van der Waals surface area contributed by atoms with Crippen LogP contribution in [0.3, 0.4) is 0 Å². The van der Waals surface area contributed by atoms with Gasteiger partial charge < -0.3 is 9.30 Å². The third-order valence-corrected chi connectivity index (χ3v) is 6.60. The fraction of sp³-hybridized carbons (Fsp3) is 0.280. The molecule has 0 saturated heterocycles. The summed E-state index contributed by atoms with van der Waals surface area (Å²) in [7, 11) is 1.36. The topological polar surface area (TPSA) is 48.3 Å². The molecule has 0 fully saturated rings. The van der Waals surface area contributed by atoms with Crippen LogP contribution in [-0.2, 0) is 30.5 Å². The molecule has 0 bridgehead atoms. The molecule has 0 aliphatic heterocycles. The van der Waals surface area contributed by atoms with E-state index in [0.29, 0.717) is 35.9 Å².